The zero-order chi connectivity index (χ0) is 21.1. The lowest BCUT2D eigenvalue weighted by atomic mass is 9.98. The van der Waals surface area contributed by atoms with E-state index in [1.54, 1.807) is 0 Å². The van der Waals surface area contributed by atoms with Crippen LogP contribution in [0.25, 0.3) is 0 Å². The summed E-state index contributed by atoms with van der Waals surface area (Å²) in [4.78, 5) is 6.44. The molecule has 160 valence electrons. The van der Waals surface area contributed by atoms with Crippen molar-refractivity contribution in [3.8, 4) is 5.75 Å². The van der Waals surface area contributed by atoms with Crippen molar-refractivity contribution in [3.05, 3.63) is 35.7 Å². The largest absolute Gasteiger partial charge is 0.494 e. The van der Waals surface area contributed by atoms with Crippen molar-refractivity contribution >= 4 is 10.0 Å². The Kier molecular flexibility index (Phi) is 6.55. The van der Waals surface area contributed by atoms with Crippen LogP contribution in [0, 0.1) is 5.82 Å². The molecule has 0 bridgehead atoms. The molecule has 10 heteroatoms. The standard InChI is InChI=1S/C19H27FN4O4S/c1-4-24(5-2)13-17-21-18(22-28-17)19(10-6-7-11-19)23-29(25,26)14-8-9-16(27-3)15(20)12-14/h8-9,12,23H,4-7,10-11,13H2,1-3H3. The van der Waals surface area contributed by atoms with E-state index >= 15 is 0 Å². The highest BCUT2D eigenvalue weighted by Crippen LogP contribution is 2.39. The smallest absolute Gasteiger partial charge is 0.241 e. The van der Waals surface area contributed by atoms with Crippen molar-refractivity contribution in [2.45, 2.75) is 56.5 Å². The lowest BCUT2D eigenvalue weighted by Gasteiger charge is -2.26. The van der Waals surface area contributed by atoms with Crippen molar-refractivity contribution in [2.24, 2.45) is 0 Å². The van der Waals surface area contributed by atoms with E-state index in [1.807, 2.05) is 13.8 Å². The molecule has 2 aromatic rings. The molecule has 0 saturated heterocycles. The molecule has 0 radical (unpaired) electrons. The third-order valence-electron chi connectivity index (χ3n) is 5.37. The molecule has 0 atom stereocenters. The minimum absolute atomic E-state index is 0.0151. The SMILES string of the molecule is CCN(CC)Cc1nc(C2(NS(=O)(=O)c3ccc(OC)c(F)c3)CCCC2)no1. The third-order valence-corrected chi connectivity index (χ3v) is 6.90. The third kappa shape index (κ3) is 4.59. The molecular weight excluding hydrogens is 399 g/mol. The van der Waals surface area contributed by atoms with E-state index in [-0.39, 0.29) is 10.6 Å². The van der Waals surface area contributed by atoms with Gasteiger partial charge in [-0.2, -0.15) is 9.71 Å². The molecule has 1 N–H and O–H groups in total. The molecule has 8 nitrogen and oxygen atoms in total. The molecule has 29 heavy (non-hydrogen) atoms. The van der Waals surface area contributed by atoms with Gasteiger partial charge in [0.25, 0.3) is 0 Å². The molecular formula is C19H27FN4O4S. The van der Waals surface area contributed by atoms with Crippen LogP contribution in [0.1, 0.15) is 51.2 Å². The number of sulfonamides is 1. The van der Waals surface area contributed by atoms with Crippen LogP contribution in [0.15, 0.2) is 27.6 Å². The Bertz CT molecular complexity index is 937. The zero-order valence-corrected chi connectivity index (χ0v) is 17.8. The Morgan fingerprint density at radius 1 is 1.28 bits per heavy atom. The van der Waals surface area contributed by atoms with Crippen molar-refractivity contribution in [3.63, 3.8) is 0 Å². The second-order valence-corrected chi connectivity index (χ2v) is 8.85. The summed E-state index contributed by atoms with van der Waals surface area (Å²) in [6, 6.07) is 3.56. The van der Waals surface area contributed by atoms with Crippen molar-refractivity contribution < 1.29 is 22.1 Å². The summed E-state index contributed by atoms with van der Waals surface area (Å²) < 4.78 is 53.0. The number of nitrogens with zero attached hydrogens (tertiary/aromatic N) is 3. The highest BCUT2D eigenvalue weighted by atomic mass is 32.2. The number of halogens is 1. The maximum atomic E-state index is 14.0. The van der Waals surface area contributed by atoms with Gasteiger partial charge in [0.1, 0.15) is 0 Å². The summed E-state index contributed by atoms with van der Waals surface area (Å²) >= 11 is 0. The minimum Gasteiger partial charge on any atom is -0.494 e. The first-order valence-corrected chi connectivity index (χ1v) is 11.2. The highest BCUT2D eigenvalue weighted by Gasteiger charge is 2.43. The van der Waals surface area contributed by atoms with Gasteiger partial charge in [-0.3, -0.25) is 4.90 Å². The summed E-state index contributed by atoms with van der Waals surface area (Å²) in [5, 5.41) is 4.08. The maximum absolute atomic E-state index is 14.0. The maximum Gasteiger partial charge on any atom is 0.241 e. The number of aromatic nitrogens is 2. The lowest BCUT2D eigenvalue weighted by Crippen LogP contribution is -2.44. The quantitative estimate of drug-likeness (QED) is 0.658. The van der Waals surface area contributed by atoms with Crippen LogP contribution in [0.2, 0.25) is 0 Å². The van der Waals surface area contributed by atoms with Gasteiger partial charge in [0.2, 0.25) is 15.9 Å². The molecule has 1 aliphatic rings. The van der Waals surface area contributed by atoms with Crippen LogP contribution in [-0.4, -0.2) is 43.7 Å². The Morgan fingerprint density at radius 2 is 1.97 bits per heavy atom. The molecule has 3 rings (SSSR count). The van der Waals surface area contributed by atoms with Gasteiger partial charge in [-0.1, -0.05) is 31.8 Å². The Hall–Kier alpha value is -2.04. The molecule has 0 spiro atoms. The van der Waals surface area contributed by atoms with Crippen LogP contribution in [0.3, 0.4) is 0 Å². The van der Waals surface area contributed by atoms with Crippen LogP contribution < -0.4 is 9.46 Å². The van der Waals surface area contributed by atoms with Crippen LogP contribution in [-0.2, 0) is 22.1 Å². The van der Waals surface area contributed by atoms with Gasteiger partial charge in [-0.25, -0.2) is 12.8 Å². The molecule has 1 aromatic heterocycles. The zero-order valence-electron chi connectivity index (χ0n) is 16.9. The molecule has 0 amide bonds. The first-order chi connectivity index (χ1) is 13.8. The van der Waals surface area contributed by atoms with Gasteiger partial charge >= 0.3 is 0 Å². The van der Waals surface area contributed by atoms with E-state index in [4.69, 9.17) is 9.26 Å². The fraction of sp³-hybridized carbons (Fsp3) is 0.579. The van der Waals surface area contributed by atoms with Crippen molar-refractivity contribution in [1.82, 2.24) is 19.8 Å². The summed E-state index contributed by atoms with van der Waals surface area (Å²) in [5.41, 5.74) is -0.958. The number of rotatable bonds is 9. The normalized spacial score (nSPS) is 16.4. The summed E-state index contributed by atoms with van der Waals surface area (Å²) in [6.07, 6.45) is 2.77. The number of hydrogen-bond donors (Lipinski definition) is 1. The van der Waals surface area contributed by atoms with E-state index in [2.05, 4.69) is 19.8 Å². The topological polar surface area (TPSA) is 97.6 Å². The fourth-order valence-electron chi connectivity index (χ4n) is 3.63. The average Bonchev–Trinajstić information content (AvgIpc) is 3.36. The number of hydrogen-bond acceptors (Lipinski definition) is 7. The van der Waals surface area contributed by atoms with E-state index in [1.165, 1.54) is 19.2 Å². The Morgan fingerprint density at radius 3 is 2.55 bits per heavy atom. The number of nitrogens with one attached hydrogen (secondary N) is 1. The molecule has 0 unspecified atom stereocenters. The first-order valence-electron chi connectivity index (χ1n) is 9.76. The van der Waals surface area contributed by atoms with Gasteiger partial charge in [0, 0.05) is 0 Å². The van der Waals surface area contributed by atoms with E-state index < -0.39 is 21.4 Å². The summed E-state index contributed by atoms with van der Waals surface area (Å²) in [5.74, 6) is 0.0232. The number of ether oxygens (including phenoxy) is 1. The molecule has 1 heterocycles. The van der Waals surface area contributed by atoms with Gasteiger partial charge < -0.3 is 9.26 Å². The first kappa shape index (κ1) is 21.7. The van der Waals surface area contributed by atoms with Crippen LogP contribution in [0.5, 0.6) is 5.75 Å². The molecule has 1 aromatic carbocycles. The second kappa shape index (κ2) is 8.76. The van der Waals surface area contributed by atoms with Gasteiger partial charge in [-0.05, 0) is 44.1 Å². The van der Waals surface area contributed by atoms with Crippen molar-refractivity contribution in [1.29, 1.82) is 0 Å². The molecule has 1 aliphatic carbocycles. The number of methoxy groups -OCH3 is 1. The Labute approximate surface area is 170 Å². The van der Waals surface area contributed by atoms with Crippen LogP contribution in [0.4, 0.5) is 4.39 Å². The minimum atomic E-state index is -4.00. The van der Waals surface area contributed by atoms with E-state index in [9.17, 15) is 12.8 Å². The lowest BCUT2D eigenvalue weighted by molar-refractivity contribution is 0.244. The predicted molar refractivity (Wildman–Crippen MR) is 104 cm³/mol. The molecule has 1 saturated carbocycles. The Balaban J connectivity index is 1.88. The summed E-state index contributed by atoms with van der Waals surface area (Å²) in [7, 11) is -2.67. The van der Waals surface area contributed by atoms with Crippen LogP contribution >= 0.6 is 0 Å². The van der Waals surface area contributed by atoms with Crippen molar-refractivity contribution in [2.75, 3.05) is 20.2 Å². The van der Waals surface area contributed by atoms with Gasteiger partial charge in [-0.15, -0.1) is 0 Å². The van der Waals surface area contributed by atoms with Gasteiger partial charge in [0.15, 0.2) is 17.4 Å². The second-order valence-electron chi connectivity index (χ2n) is 7.16. The average molecular weight is 427 g/mol. The highest BCUT2D eigenvalue weighted by molar-refractivity contribution is 7.89. The van der Waals surface area contributed by atoms with Gasteiger partial charge in [0.05, 0.1) is 24.1 Å². The molecule has 0 aliphatic heterocycles. The monoisotopic (exact) mass is 426 g/mol. The molecule has 1 fully saturated rings. The summed E-state index contributed by atoms with van der Waals surface area (Å²) in [6.45, 7) is 6.28. The fourth-order valence-corrected chi connectivity index (χ4v) is 5.07. The predicted octanol–water partition coefficient (Wildman–Crippen LogP) is 2.81. The van der Waals surface area contributed by atoms with E-state index in [0.29, 0.717) is 31.1 Å². The number of benzene rings is 1. The van der Waals surface area contributed by atoms with E-state index in [0.717, 1.165) is 32.0 Å².